The van der Waals surface area contributed by atoms with Crippen molar-refractivity contribution in [3.8, 4) is 0 Å². The Morgan fingerprint density at radius 3 is 2.50 bits per heavy atom. The van der Waals surface area contributed by atoms with E-state index < -0.39 is 0 Å². The number of carbonyl (C=O) groups is 2. The number of Topliss-reactive ketones (excluding diaryl/α,β-unsaturated/α-hetero) is 2. The molecule has 3 nitrogen and oxygen atoms in total. The van der Waals surface area contributed by atoms with Gasteiger partial charge in [0.15, 0.2) is 5.78 Å². The summed E-state index contributed by atoms with van der Waals surface area (Å²) in [6.07, 6.45) is 0. The van der Waals surface area contributed by atoms with Crippen molar-refractivity contribution in [3.63, 3.8) is 0 Å². The van der Waals surface area contributed by atoms with Crippen LogP contribution in [-0.2, 0) is 9.59 Å². The minimum absolute atomic E-state index is 0.00523. The van der Waals surface area contributed by atoms with Gasteiger partial charge in [-0.3, -0.25) is 14.5 Å². The predicted octanol–water partition coefficient (Wildman–Crippen LogP) is -0.294. The molecule has 56 valence electrons. The maximum atomic E-state index is 11.0. The third kappa shape index (κ3) is 1.24. The van der Waals surface area contributed by atoms with Gasteiger partial charge in [0.2, 0.25) is 0 Å². The summed E-state index contributed by atoms with van der Waals surface area (Å²) in [7, 11) is 1.85. The van der Waals surface area contributed by atoms with Gasteiger partial charge in [-0.2, -0.15) is 0 Å². The highest BCUT2D eigenvalue weighted by Crippen LogP contribution is 2.10. The smallest absolute Gasteiger partial charge is 0.158 e. The Balaban J connectivity index is 2.63. The molecule has 0 aromatic rings. The minimum Gasteiger partial charge on any atom is -0.299 e. The van der Waals surface area contributed by atoms with E-state index in [2.05, 4.69) is 0 Å². The Kier molecular flexibility index (Phi) is 1.85. The van der Waals surface area contributed by atoms with Crippen LogP contribution in [0.3, 0.4) is 0 Å². The number of likely N-dealkylation sites (N-methyl/N-ethyl adjacent to an activating group) is 1. The molecule has 0 amide bonds. The normalized spacial score (nSPS) is 27.4. The van der Waals surface area contributed by atoms with Gasteiger partial charge in [-0.05, 0) is 14.0 Å². The average Bonchev–Trinajstić information content (AvgIpc) is 2.10. The number of rotatable bonds is 1. The van der Waals surface area contributed by atoms with Crippen LogP contribution in [0.4, 0.5) is 0 Å². The molecule has 0 saturated carbocycles. The molecule has 0 aromatic carbocycles. The van der Waals surface area contributed by atoms with Crippen molar-refractivity contribution in [2.75, 3.05) is 20.1 Å². The Hall–Kier alpha value is -0.700. The quantitative estimate of drug-likeness (QED) is 0.471. The fraction of sp³-hybridized carbons (Fsp3) is 0.714. The highest BCUT2D eigenvalue weighted by atomic mass is 16.2. The lowest BCUT2D eigenvalue weighted by molar-refractivity contribution is -0.128. The number of hydrogen-bond donors (Lipinski definition) is 0. The molecule has 1 aliphatic heterocycles. The van der Waals surface area contributed by atoms with E-state index >= 15 is 0 Å². The zero-order valence-corrected chi connectivity index (χ0v) is 6.26. The molecule has 0 aliphatic carbocycles. The van der Waals surface area contributed by atoms with Crippen molar-refractivity contribution >= 4 is 11.6 Å². The van der Waals surface area contributed by atoms with Crippen molar-refractivity contribution < 1.29 is 9.59 Å². The molecule has 0 N–H and O–H groups in total. The van der Waals surface area contributed by atoms with E-state index in [9.17, 15) is 9.59 Å². The SMILES string of the molecule is CC(=O)C1CN(C)CC1=O. The summed E-state index contributed by atoms with van der Waals surface area (Å²) in [6, 6.07) is 0. The Bertz CT molecular complexity index is 176. The van der Waals surface area contributed by atoms with Crippen LogP contribution in [0.5, 0.6) is 0 Å². The summed E-state index contributed by atoms with van der Waals surface area (Å²) in [5, 5.41) is 0. The van der Waals surface area contributed by atoms with Crippen molar-refractivity contribution in [2.45, 2.75) is 6.92 Å². The lowest BCUT2D eigenvalue weighted by Crippen LogP contribution is -2.19. The number of hydrogen-bond acceptors (Lipinski definition) is 3. The van der Waals surface area contributed by atoms with Crippen molar-refractivity contribution in [2.24, 2.45) is 5.92 Å². The molecular formula is C7H11NO2. The van der Waals surface area contributed by atoms with E-state index in [4.69, 9.17) is 0 Å². The molecule has 1 unspecified atom stereocenters. The highest BCUT2D eigenvalue weighted by Gasteiger charge is 2.31. The largest absolute Gasteiger partial charge is 0.299 e. The maximum absolute atomic E-state index is 11.0. The summed E-state index contributed by atoms with van der Waals surface area (Å²) in [5.41, 5.74) is 0. The predicted molar refractivity (Wildman–Crippen MR) is 36.7 cm³/mol. The standard InChI is InChI=1S/C7H11NO2/c1-5(9)6-3-8(2)4-7(6)10/h6H,3-4H2,1-2H3. The first-order chi connectivity index (χ1) is 4.61. The van der Waals surface area contributed by atoms with E-state index in [0.29, 0.717) is 13.1 Å². The van der Waals surface area contributed by atoms with Gasteiger partial charge in [0.1, 0.15) is 5.78 Å². The summed E-state index contributed by atoms with van der Waals surface area (Å²) < 4.78 is 0. The molecule has 0 bridgehead atoms. The van der Waals surface area contributed by atoms with E-state index in [1.165, 1.54) is 6.92 Å². The minimum atomic E-state index is -0.343. The van der Waals surface area contributed by atoms with Crippen LogP contribution in [0, 0.1) is 5.92 Å². The van der Waals surface area contributed by atoms with Gasteiger partial charge in [0.25, 0.3) is 0 Å². The molecule has 1 fully saturated rings. The second-order valence-electron chi connectivity index (χ2n) is 2.83. The highest BCUT2D eigenvalue weighted by molar-refractivity contribution is 6.03. The van der Waals surface area contributed by atoms with E-state index in [1.807, 2.05) is 11.9 Å². The van der Waals surface area contributed by atoms with Crippen LogP contribution >= 0.6 is 0 Å². The molecular weight excluding hydrogens is 130 g/mol. The van der Waals surface area contributed by atoms with Crippen LogP contribution in [0.2, 0.25) is 0 Å². The fourth-order valence-corrected chi connectivity index (χ4v) is 1.21. The van der Waals surface area contributed by atoms with Crippen LogP contribution < -0.4 is 0 Å². The zero-order valence-electron chi connectivity index (χ0n) is 6.26. The van der Waals surface area contributed by atoms with Gasteiger partial charge < -0.3 is 0 Å². The summed E-state index contributed by atoms with van der Waals surface area (Å²) in [6.45, 7) is 2.51. The lowest BCUT2D eigenvalue weighted by atomic mass is 10.0. The molecule has 1 rings (SSSR count). The zero-order chi connectivity index (χ0) is 7.72. The van der Waals surface area contributed by atoms with E-state index in [-0.39, 0.29) is 17.5 Å². The lowest BCUT2D eigenvalue weighted by Gasteiger charge is -2.03. The fourth-order valence-electron chi connectivity index (χ4n) is 1.21. The number of nitrogens with zero attached hydrogens (tertiary/aromatic N) is 1. The molecule has 10 heavy (non-hydrogen) atoms. The Morgan fingerprint density at radius 1 is 1.70 bits per heavy atom. The summed E-state index contributed by atoms with van der Waals surface area (Å²) in [4.78, 5) is 23.6. The number of likely N-dealkylation sites (tertiary alicyclic amines) is 1. The van der Waals surface area contributed by atoms with E-state index in [0.717, 1.165) is 0 Å². The van der Waals surface area contributed by atoms with Gasteiger partial charge >= 0.3 is 0 Å². The van der Waals surface area contributed by atoms with Crippen molar-refractivity contribution in [1.82, 2.24) is 4.90 Å². The third-order valence-corrected chi connectivity index (χ3v) is 1.80. The van der Waals surface area contributed by atoms with Crippen LogP contribution in [-0.4, -0.2) is 36.6 Å². The second-order valence-corrected chi connectivity index (χ2v) is 2.83. The monoisotopic (exact) mass is 141 g/mol. The molecule has 1 saturated heterocycles. The van der Waals surface area contributed by atoms with Gasteiger partial charge in [-0.1, -0.05) is 0 Å². The average molecular weight is 141 g/mol. The van der Waals surface area contributed by atoms with Gasteiger partial charge in [-0.25, -0.2) is 0 Å². The Labute approximate surface area is 60.0 Å². The van der Waals surface area contributed by atoms with Crippen LogP contribution in [0.15, 0.2) is 0 Å². The van der Waals surface area contributed by atoms with Crippen LogP contribution in [0.25, 0.3) is 0 Å². The first kappa shape index (κ1) is 7.41. The summed E-state index contributed by atoms with van der Waals surface area (Å²) >= 11 is 0. The van der Waals surface area contributed by atoms with Gasteiger partial charge in [0, 0.05) is 6.54 Å². The van der Waals surface area contributed by atoms with Crippen molar-refractivity contribution in [1.29, 1.82) is 0 Å². The topological polar surface area (TPSA) is 37.4 Å². The molecule has 3 heteroatoms. The first-order valence-corrected chi connectivity index (χ1v) is 3.33. The van der Waals surface area contributed by atoms with Gasteiger partial charge in [0.05, 0.1) is 12.5 Å². The van der Waals surface area contributed by atoms with Gasteiger partial charge in [-0.15, -0.1) is 0 Å². The first-order valence-electron chi connectivity index (χ1n) is 3.33. The molecule has 1 heterocycles. The van der Waals surface area contributed by atoms with Crippen LogP contribution in [0.1, 0.15) is 6.92 Å². The van der Waals surface area contributed by atoms with Crippen molar-refractivity contribution in [3.05, 3.63) is 0 Å². The molecule has 0 aromatic heterocycles. The molecule has 1 atom stereocenters. The molecule has 0 spiro atoms. The third-order valence-electron chi connectivity index (χ3n) is 1.80. The number of carbonyl (C=O) groups excluding carboxylic acids is 2. The molecule has 1 aliphatic rings. The van der Waals surface area contributed by atoms with E-state index in [1.54, 1.807) is 0 Å². The summed E-state index contributed by atoms with van der Waals surface area (Å²) in [5.74, 6) is -0.283. The Morgan fingerprint density at radius 2 is 2.30 bits per heavy atom. The molecule has 0 radical (unpaired) electrons. The second kappa shape index (κ2) is 2.50. The maximum Gasteiger partial charge on any atom is 0.158 e. The number of ketones is 2.